The normalized spacial score (nSPS) is 22.0. The first-order chi connectivity index (χ1) is 16.2. The van der Waals surface area contributed by atoms with Gasteiger partial charge in [0.05, 0.1) is 6.04 Å². The number of benzene rings is 2. The maximum Gasteiger partial charge on any atom is 0.534 e. The maximum absolute atomic E-state index is 13.1. The first-order valence-electron chi connectivity index (χ1n) is 11.0. The van der Waals surface area contributed by atoms with Crippen molar-refractivity contribution in [3.8, 4) is 11.1 Å². The van der Waals surface area contributed by atoms with Gasteiger partial charge in [0.2, 0.25) is 0 Å². The monoisotopic (exact) mass is 493 g/mol. The Balaban J connectivity index is 1.32. The highest BCUT2D eigenvalue weighted by atomic mass is 32.2. The Morgan fingerprint density at radius 1 is 1.00 bits per heavy atom. The average molecular weight is 494 g/mol. The van der Waals surface area contributed by atoms with Crippen LogP contribution in [0.25, 0.3) is 11.1 Å². The third kappa shape index (κ3) is 3.93. The smallest absolute Gasteiger partial charge is 0.448 e. The summed E-state index contributed by atoms with van der Waals surface area (Å²) in [5.74, 6) is -0.401. The molecule has 0 radical (unpaired) electrons. The Morgan fingerprint density at radius 2 is 1.62 bits per heavy atom. The van der Waals surface area contributed by atoms with Crippen LogP contribution in [0.1, 0.15) is 42.7 Å². The van der Waals surface area contributed by atoms with Gasteiger partial charge in [-0.15, -0.1) is 0 Å². The van der Waals surface area contributed by atoms with Crippen LogP contribution in [0.4, 0.5) is 18.0 Å². The summed E-state index contributed by atoms with van der Waals surface area (Å²) >= 11 is 0. The molecule has 2 aromatic carbocycles. The Bertz CT molecular complexity index is 1210. The highest BCUT2D eigenvalue weighted by Crippen LogP contribution is 2.45. The van der Waals surface area contributed by atoms with Crippen LogP contribution in [0.3, 0.4) is 0 Å². The van der Waals surface area contributed by atoms with Gasteiger partial charge in [0, 0.05) is 18.4 Å². The zero-order valence-electron chi connectivity index (χ0n) is 18.0. The molecular formula is C24H22F3NO5S. The van der Waals surface area contributed by atoms with Crippen LogP contribution in [0, 0.1) is 0 Å². The van der Waals surface area contributed by atoms with E-state index in [2.05, 4.69) is 4.18 Å². The first kappa shape index (κ1) is 22.8. The number of piperidine rings is 1. The fourth-order valence-electron chi connectivity index (χ4n) is 5.19. The lowest BCUT2D eigenvalue weighted by Crippen LogP contribution is -2.52. The number of fused-ring (bicyclic) bond motifs is 5. The summed E-state index contributed by atoms with van der Waals surface area (Å²) < 4.78 is 71.1. The van der Waals surface area contributed by atoms with Crippen LogP contribution >= 0.6 is 0 Å². The minimum absolute atomic E-state index is 0.115. The molecule has 0 N–H and O–H groups in total. The predicted molar refractivity (Wildman–Crippen MR) is 117 cm³/mol. The van der Waals surface area contributed by atoms with Crippen LogP contribution in [0.5, 0.6) is 0 Å². The minimum Gasteiger partial charge on any atom is -0.448 e. The van der Waals surface area contributed by atoms with Gasteiger partial charge in [-0.05, 0) is 47.6 Å². The Hall–Kier alpha value is -3.01. The second-order valence-corrected chi connectivity index (χ2v) is 10.2. The molecule has 0 spiro atoms. The van der Waals surface area contributed by atoms with Gasteiger partial charge in [0.1, 0.15) is 12.4 Å². The van der Waals surface area contributed by atoms with E-state index >= 15 is 0 Å². The highest BCUT2D eigenvalue weighted by Gasteiger charge is 2.50. The summed E-state index contributed by atoms with van der Waals surface area (Å²) in [7, 11) is -5.75. The second kappa shape index (κ2) is 8.33. The fourth-order valence-corrected chi connectivity index (χ4v) is 5.69. The zero-order valence-corrected chi connectivity index (χ0v) is 18.8. The third-order valence-electron chi connectivity index (χ3n) is 6.65. The molecule has 180 valence electrons. The van der Waals surface area contributed by atoms with Crippen molar-refractivity contribution in [2.75, 3.05) is 6.61 Å². The number of hydrogen-bond donors (Lipinski definition) is 0. The van der Waals surface area contributed by atoms with E-state index in [0.717, 1.165) is 28.7 Å². The standard InChI is InChI=1S/C24H22F3NO5S/c25-24(26,27)34(30,31)33-17-12-15-6-5-7-16(13-17)28(15)23(29)32-14-22-20-10-3-1-8-18(20)19-9-2-4-11-21(19)22/h1-4,8-12,15-16,22H,5-7,13-14H2. The largest absolute Gasteiger partial charge is 0.534 e. The van der Waals surface area contributed by atoms with E-state index in [-0.39, 0.29) is 24.7 Å². The summed E-state index contributed by atoms with van der Waals surface area (Å²) in [4.78, 5) is 14.6. The molecule has 1 aliphatic carbocycles. The van der Waals surface area contributed by atoms with Gasteiger partial charge < -0.3 is 8.92 Å². The molecule has 0 saturated carbocycles. The highest BCUT2D eigenvalue weighted by molar-refractivity contribution is 7.87. The van der Waals surface area contributed by atoms with Crippen LogP contribution in [0.2, 0.25) is 0 Å². The fraction of sp³-hybridized carbons (Fsp3) is 0.375. The number of nitrogens with zero attached hydrogens (tertiary/aromatic N) is 1. The van der Waals surface area contributed by atoms with Crippen molar-refractivity contribution < 1.29 is 35.3 Å². The molecule has 2 aliphatic heterocycles. The zero-order chi connectivity index (χ0) is 24.1. The van der Waals surface area contributed by atoms with E-state index in [0.29, 0.717) is 12.8 Å². The molecule has 1 saturated heterocycles. The Kier molecular flexibility index (Phi) is 5.58. The van der Waals surface area contributed by atoms with Crippen molar-refractivity contribution in [1.82, 2.24) is 4.90 Å². The van der Waals surface area contributed by atoms with Gasteiger partial charge in [0.25, 0.3) is 0 Å². The van der Waals surface area contributed by atoms with Gasteiger partial charge in [-0.1, -0.05) is 48.5 Å². The molecule has 0 aromatic heterocycles. The lowest BCUT2D eigenvalue weighted by Gasteiger charge is -2.43. The summed E-state index contributed by atoms with van der Waals surface area (Å²) in [5.41, 5.74) is -1.16. The predicted octanol–water partition coefficient (Wildman–Crippen LogP) is 5.31. The molecule has 6 nitrogen and oxygen atoms in total. The number of amides is 1. The van der Waals surface area contributed by atoms with Crippen LogP contribution in [0.15, 0.2) is 60.4 Å². The summed E-state index contributed by atoms with van der Waals surface area (Å²) in [6.07, 6.45) is 2.38. The van der Waals surface area contributed by atoms with E-state index in [1.165, 1.54) is 11.0 Å². The molecule has 2 aromatic rings. The van der Waals surface area contributed by atoms with E-state index in [4.69, 9.17) is 4.74 Å². The number of rotatable bonds is 4. The third-order valence-corrected chi connectivity index (χ3v) is 7.65. The molecule has 10 heteroatoms. The summed E-state index contributed by atoms with van der Waals surface area (Å²) in [6, 6.07) is 14.8. The van der Waals surface area contributed by atoms with Gasteiger partial charge in [-0.3, -0.25) is 4.90 Å². The Morgan fingerprint density at radius 3 is 2.21 bits per heavy atom. The SMILES string of the molecule is O=C(OCC1c2ccccc2-c2ccccc21)N1C2C=C(OS(=O)(=O)C(F)(F)F)CC1CCC2. The molecule has 2 heterocycles. The topological polar surface area (TPSA) is 72.9 Å². The molecule has 2 unspecified atom stereocenters. The molecule has 5 rings (SSSR count). The Labute approximate surface area is 195 Å². The number of ether oxygens (including phenoxy) is 1. The molecule has 3 aliphatic rings. The second-order valence-electron chi connectivity index (χ2n) is 8.68. The van der Waals surface area contributed by atoms with Crippen molar-refractivity contribution in [2.45, 2.75) is 49.2 Å². The van der Waals surface area contributed by atoms with Crippen molar-refractivity contribution in [2.24, 2.45) is 0 Å². The van der Waals surface area contributed by atoms with Gasteiger partial charge >= 0.3 is 21.7 Å². The summed E-state index contributed by atoms with van der Waals surface area (Å²) in [5, 5.41) is 0. The summed E-state index contributed by atoms with van der Waals surface area (Å²) in [6.45, 7) is 0.123. The minimum atomic E-state index is -5.75. The van der Waals surface area contributed by atoms with Crippen LogP contribution in [-0.4, -0.2) is 43.6 Å². The van der Waals surface area contributed by atoms with E-state index < -0.39 is 33.8 Å². The van der Waals surface area contributed by atoms with Crippen molar-refractivity contribution in [3.63, 3.8) is 0 Å². The quantitative estimate of drug-likeness (QED) is 0.426. The lowest BCUT2D eigenvalue weighted by atomic mass is 9.88. The van der Waals surface area contributed by atoms with Crippen molar-refractivity contribution in [1.29, 1.82) is 0 Å². The van der Waals surface area contributed by atoms with E-state index in [9.17, 15) is 26.4 Å². The molecule has 1 amide bonds. The van der Waals surface area contributed by atoms with E-state index in [1.807, 2.05) is 48.5 Å². The van der Waals surface area contributed by atoms with Gasteiger partial charge in [-0.2, -0.15) is 21.6 Å². The lowest BCUT2D eigenvalue weighted by molar-refractivity contribution is -0.0529. The van der Waals surface area contributed by atoms with Crippen molar-refractivity contribution in [3.05, 3.63) is 71.5 Å². The molecule has 2 bridgehead atoms. The molecule has 1 fully saturated rings. The average Bonchev–Trinajstić information content (AvgIpc) is 3.10. The number of alkyl halides is 3. The van der Waals surface area contributed by atoms with Gasteiger partial charge in [-0.25, -0.2) is 4.79 Å². The number of carbonyl (C=O) groups excluding carboxylic acids is 1. The van der Waals surface area contributed by atoms with Crippen LogP contribution < -0.4 is 0 Å². The van der Waals surface area contributed by atoms with Crippen molar-refractivity contribution >= 4 is 16.2 Å². The van der Waals surface area contributed by atoms with Gasteiger partial charge in [0.15, 0.2) is 0 Å². The number of halogens is 3. The van der Waals surface area contributed by atoms with Crippen LogP contribution in [-0.2, 0) is 19.0 Å². The molecule has 2 atom stereocenters. The molecular weight excluding hydrogens is 471 g/mol. The van der Waals surface area contributed by atoms with E-state index in [1.54, 1.807) is 0 Å². The number of hydrogen-bond acceptors (Lipinski definition) is 5. The maximum atomic E-state index is 13.1. The molecule has 34 heavy (non-hydrogen) atoms. The first-order valence-corrected chi connectivity index (χ1v) is 12.4. The number of carbonyl (C=O) groups is 1.